The lowest BCUT2D eigenvalue weighted by Crippen LogP contribution is -2.35. The first kappa shape index (κ1) is 17.5. The van der Waals surface area contributed by atoms with Crippen LogP contribution in [0.1, 0.15) is 20.8 Å². The summed E-state index contributed by atoms with van der Waals surface area (Å²) in [6.07, 6.45) is -0.513. The van der Waals surface area contributed by atoms with Crippen LogP contribution >= 0.6 is 22.6 Å². The average Bonchev–Trinajstić information content (AvgIpc) is 2.33. The molecule has 0 aliphatic rings. The van der Waals surface area contributed by atoms with E-state index < -0.39 is 16.6 Å². The number of nitrogens with zero attached hydrogens (tertiary/aromatic N) is 1. The fraction of sp³-hybridized carbons (Fsp3) is 0.462. The molecule has 0 radical (unpaired) electrons. The molecule has 1 aromatic rings. The molecular weight excluding hydrogens is 389 g/mol. The smallest absolute Gasteiger partial charge is 0.407 e. The minimum absolute atomic E-state index is 0.0131. The van der Waals surface area contributed by atoms with Crippen LogP contribution in [0.2, 0.25) is 0 Å². The van der Waals surface area contributed by atoms with Crippen molar-refractivity contribution in [1.82, 2.24) is 5.32 Å². The predicted molar refractivity (Wildman–Crippen MR) is 88.5 cm³/mol. The zero-order valence-corrected chi connectivity index (χ0v) is 14.3. The van der Waals surface area contributed by atoms with Gasteiger partial charge in [-0.15, -0.1) is 0 Å². The zero-order chi connectivity index (χ0) is 16.0. The molecule has 1 amide bonds. The number of carbonyl (C=O) groups excluding carboxylic acids is 1. The Morgan fingerprint density at radius 2 is 2.05 bits per heavy atom. The number of amides is 1. The summed E-state index contributed by atoms with van der Waals surface area (Å²) in [5.41, 5.74) is -0.113. The van der Waals surface area contributed by atoms with Crippen molar-refractivity contribution in [2.75, 3.05) is 18.4 Å². The Hall–Kier alpha value is -1.58. The number of carbonyl (C=O) groups is 1. The summed E-state index contributed by atoms with van der Waals surface area (Å²) in [5, 5.41) is 16.4. The van der Waals surface area contributed by atoms with E-state index in [9.17, 15) is 14.9 Å². The van der Waals surface area contributed by atoms with Crippen LogP contribution in [0.4, 0.5) is 16.2 Å². The highest BCUT2D eigenvalue weighted by atomic mass is 127. The van der Waals surface area contributed by atoms with Crippen LogP contribution in [0.5, 0.6) is 0 Å². The summed E-state index contributed by atoms with van der Waals surface area (Å²) in [6, 6.07) is 4.91. The van der Waals surface area contributed by atoms with Gasteiger partial charge in [0.2, 0.25) is 0 Å². The second-order valence-electron chi connectivity index (χ2n) is 5.27. The summed E-state index contributed by atoms with van der Waals surface area (Å²) in [5.74, 6) is 0. The maximum Gasteiger partial charge on any atom is 0.407 e. The maximum absolute atomic E-state index is 11.4. The van der Waals surface area contributed by atoms with E-state index in [-0.39, 0.29) is 5.69 Å². The van der Waals surface area contributed by atoms with Gasteiger partial charge in [-0.25, -0.2) is 4.79 Å². The van der Waals surface area contributed by atoms with Gasteiger partial charge in [0.05, 0.1) is 4.92 Å². The van der Waals surface area contributed by atoms with Crippen LogP contribution in [0.3, 0.4) is 0 Å². The molecule has 2 N–H and O–H groups in total. The molecule has 0 fully saturated rings. The molecule has 1 aromatic carbocycles. The number of alkyl carbamates (subject to hydrolysis) is 1. The van der Waals surface area contributed by atoms with E-state index in [0.717, 1.165) is 3.57 Å². The van der Waals surface area contributed by atoms with E-state index in [1.54, 1.807) is 32.9 Å². The van der Waals surface area contributed by atoms with E-state index in [2.05, 4.69) is 10.6 Å². The van der Waals surface area contributed by atoms with Gasteiger partial charge in [0, 0.05) is 22.7 Å². The number of rotatable bonds is 5. The molecule has 116 valence electrons. The summed E-state index contributed by atoms with van der Waals surface area (Å²) >= 11 is 2.02. The monoisotopic (exact) mass is 407 g/mol. The first-order valence-corrected chi connectivity index (χ1v) is 7.41. The van der Waals surface area contributed by atoms with Crippen LogP contribution in [-0.2, 0) is 4.74 Å². The van der Waals surface area contributed by atoms with Gasteiger partial charge in [0.25, 0.3) is 5.69 Å². The normalized spacial score (nSPS) is 10.9. The van der Waals surface area contributed by atoms with E-state index >= 15 is 0 Å². The minimum Gasteiger partial charge on any atom is -0.444 e. The summed E-state index contributed by atoms with van der Waals surface area (Å²) in [7, 11) is 0. The number of anilines is 1. The van der Waals surface area contributed by atoms with Crippen molar-refractivity contribution < 1.29 is 14.5 Å². The van der Waals surface area contributed by atoms with Crippen molar-refractivity contribution in [2.24, 2.45) is 0 Å². The highest BCUT2D eigenvalue weighted by molar-refractivity contribution is 14.1. The third kappa shape index (κ3) is 6.61. The first-order valence-electron chi connectivity index (χ1n) is 6.34. The van der Waals surface area contributed by atoms with Gasteiger partial charge >= 0.3 is 6.09 Å². The number of nitro groups is 1. The van der Waals surface area contributed by atoms with Crippen molar-refractivity contribution >= 4 is 40.1 Å². The van der Waals surface area contributed by atoms with Crippen molar-refractivity contribution in [3.8, 4) is 0 Å². The minimum atomic E-state index is -0.549. The largest absolute Gasteiger partial charge is 0.444 e. The second kappa shape index (κ2) is 7.43. The van der Waals surface area contributed by atoms with Gasteiger partial charge in [-0.3, -0.25) is 10.1 Å². The molecule has 0 heterocycles. The molecule has 0 atom stereocenters. The Balaban J connectivity index is 2.47. The molecular formula is C13H18IN3O4. The Bertz CT molecular complexity index is 529. The molecule has 21 heavy (non-hydrogen) atoms. The molecule has 0 saturated carbocycles. The summed E-state index contributed by atoms with van der Waals surface area (Å²) in [4.78, 5) is 21.9. The molecule has 0 saturated heterocycles. The Kier molecular flexibility index (Phi) is 6.19. The maximum atomic E-state index is 11.4. The van der Waals surface area contributed by atoms with E-state index in [1.165, 1.54) is 6.07 Å². The number of nitro benzene ring substituents is 1. The van der Waals surface area contributed by atoms with Gasteiger partial charge in [0.15, 0.2) is 0 Å². The first-order chi connectivity index (χ1) is 9.69. The third-order valence-electron chi connectivity index (χ3n) is 2.27. The summed E-state index contributed by atoms with van der Waals surface area (Å²) in [6.45, 7) is 6.00. The second-order valence-corrected chi connectivity index (χ2v) is 6.52. The topological polar surface area (TPSA) is 93.5 Å². The number of nitrogens with one attached hydrogen (secondary N) is 2. The lowest BCUT2D eigenvalue weighted by atomic mass is 10.2. The van der Waals surface area contributed by atoms with Crippen molar-refractivity contribution in [3.05, 3.63) is 31.9 Å². The highest BCUT2D eigenvalue weighted by Crippen LogP contribution is 2.25. The molecule has 0 spiro atoms. The fourth-order valence-corrected chi connectivity index (χ4v) is 1.96. The Morgan fingerprint density at radius 3 is 2.62 bits per heavy atom. The SMILES string of the molecule is CC(C)(C)OC(=O)NCCNc1ccc(I)cc1[N+](=O)[O-]. The van der Waals surface area contributed by atoms with Crippen molar-refractivity contribution in [1.29, 1.82) is 0 Å². The molecule has 0 bridgehead atoms. The lowest BCUT2D eigenvalue weighted by molar-refractivity contribution is -0.384. The van der Waals surface area contributed by atoms with Gasteiger partial charge in [0.1, 0.15) is 11.3 Å². The Morgan fingerprint density at radius 1 is 1.38 bits per heavy atom. The van der Waals surface area contributed by atoms with Crippen LogP contribution in [0.15, 0.2) is 18.2 Å². The third-order valence-corrected chi connectivity index (χ3v) is 2.94. The molecule has 8 heteroatoms. The number of benzene rings is 1. The lowest BCUT2D eigenvalue weighted by Gasteiger charge is -2.19. The van der Waals surface area contributed by atoms with E-state index in [0.29, 0.717) is 18.8 Å². The standard InChI is InChI=1S/C13H18IN3O4/c1-13(2,3)21-12(18)16-7-6-15-10-5-4-9(14)8-11(10)17(19)20/h4-5,8,15H,6-7H2,1-3H3,(H,16,18). The molecule has 0 unspecified atom stereocenters. The average molecular weight is 407 g/mol. The number of hydrogen-bond donors (Lipinski definition) is 2. The fourth-order valence-electron chi connectivity index (χ4n) is 1.48. The molecule has 0 aromatic heterocycles. The van der Waals surface area contributed by atoms with Crippen molar-refractivity contribution in [2.45, 2.75) is 26.4 Å². The Labute approximate surface area is 136 Å². The summed E-state index contributed by atoms with van der Waals surface area (Å²) < 4.78 is 5.87. The van der Waals surface area contributed by atoms with Gasteiger partial charge < -0.3 is 15.4 Å². The molecule has 1 rings (SSSR count). The van der Waals surface area contributed by atoms with Gasteiger partial charge in [-0.1, -0.05) is 0 Å². The number of ether oxygens (including phenoxy) is 1. The van der Waals surface area contributed by atoms with Crippen LogP contribution in [0.25, 0.3) is 0 Å². The van der Waals surface area contributed by atoms with E-state index in [1.807, 2.05) is 22.6 Å². The molecule has 0 aliphatic heterocycles. The van der Waals surface area contributed by atoms with E-state index in [4.69, 9.17) is 4.74 Å². The van der Waals surface area contributed by atoms with Crippen molar-refractivity contribution in [3.63, 3.8) is 0 Å². The van der Waals surface area contributed by atoms with Gasteiger partial charge in [-0.05, 0) is 55.5 Å². The number of hydrogen-bond acceptors (Lipinski definition) is 5. The molecule has 0 aliphatic carbocycles. The van der Waals surface area contributed by atoms with Crippen LogP contribution in [0, 0.1) is 13.7 Å². The highest BCUT2D eigenvalue weighted by Gasteiger charge is 2.16. The quantitative estimate of drug-likeness (QED) is 0.339. The number of halogens is 1. The van der Waals surface area contributed by atoms with Crippen LogP contribution in [-0.4, -0.2) is 29.7 Å². The van der Waals surface area contributed by atoms with Gasteiger partial charge in [-0.2, -0.15) is 0 Å². The predicted octanol–water partition coefficient (Wildman–Crippen LogP) is 3.14. The zero-order valence-electron chi connectivity index (χ0n) is 12.1. The molecule has 7 nitrogen and oxygen atoms in total. The van der Waals surface area contributed by atoms with Crippen LogP contribution < -0.4 is 10.6 Å².